The first-order valence-corrected chi connectivity index (χ1v) is 12.6. The minimum Gasteiger partial charge on any atom is -0.383 e. The Morgan fingerprint density at radius 3 is 2.32 bits per heavy atom. The molecule has 180 valence electrons. The van der Waals surface area contributed by atoms with Gasteiger partial charge < -0.3 is 14.5 Å². The summed E-state index contributed by atoms with van der Waals surface area (Å²) in [6.45, 7) is 6.21. The van der Waals surface area contributed by atoms with E-state index >= 15 is 0 Å². The van der Waals surface area contributed by atoms with E-state index in [2.05, 4.69) is 50.6 Å². The molecule has 0 unspecified atom stereocenters. The summed E-state index contributed by atoms with van der Waals surface area (Å²) < 4.78 is 9.84. The number of carbonyl (C=O) groups is 1. The Kier molecular flexibility index (Phi) is 9.01. The van der Waals surface area contributed by atoms with E-state index < -0.39 is 0 Å². The summed E-state index contributed by atoms with van der Waals surface area (Å²) in [4.78, 5) is 24.2. The number of benzene rings is 2. The van der Waals surface area contributed by atoms with Crippen molar-refractivity contribution in [3.63, 3.8) is 0 Å². The highest BCUT2D eigenvalue weighted by molar-refractivity contribution is 7.09. The number of nitrogens with zero attached hydrogens (tertiary/aromatic N) is 5. The topological polar surface area (TPSA) is 61.8 Å². The molecule has 3 aromatic rings. The maximum absolute atomic E-state index is 12.9. The SMILES string of the molecule is COCCN(CCC(=O)N1CCN(Cc2ccccc2)CC1)c1nc(Cc2ccccc2)ns1. The fourth-order valence-corrected chi connectivity index (χ4v) is 4.85. The third kappa shape index (κ3) is 7.09. The summed E-state index contributed by atoms with van der Waals surface area (Å²) in [5.74, 6) is 1.02. The number of ether oxygens (including phenoxy) is 1. The smallest absolute Gasteiger partial charge is 0.224 e. The lowest BCUT2D eigenvalue weighted by molar-refractivity contribution is -0.132. The monoisotopic (exact) mass is 479 g/mol. The van der Waals surface area contributed by atoms with Crippen LogP contribution in [0.25, 0.3) is 0 Å². The maximum atomic E-state index is 12.9. The number of aromatic nitrogens is 2. The molecule has 1 aromatic heterocycles. The van der Waals surface area contributed by atoms with E-state index in [4.69, 9.17) is 9.72 Å². The van der Waals surface area contributed by atoms with Crippen LogP contribution in [0.1, 0.15) is 23.4 Å². The molecule has 2 heterocycles. The lowest BCUT2D eigenvalue weighted by Crippen LogP contribution is -2.48. The molecule has 0 N–H and O–H groups in total. The van der Waals surface area contributed by atoms with Gasteiger partial charge in [0.15, 0.2) is 0 Å². The molecule has 34 heavy (non-hydrogen) atoms. The largest absolute Gasteiger partial charge is 0.383 e. The van der Waals surface area contributed by atoms with Crippen LogP contribution in [-0.4, -0.2) is 78.0 Å². The van der Waals surface area contributed by atoms with Crippen LogP contribution in [0.15, 0.2) is 60.7 Å². The number of anilines is 1. The summed E-state index contributed by atoms with van der Waals surface area (Å²) in [5.41, 5.74) is 2.51. The zero-order valence-corrected chi connectivity index (χ0v) is 20.6. The number of rotatable bonds is 11. The first-order valence-electron chi connectivity index (χ1n) is 11.9. The summed E-state index contributed by atoms with van der Waals surface area (Å²) in [7, 11) is 1.69. The van der Waals surface area contributed by atoms with E-state index in [1.165, 1.54) is 22.7 Å². The zero-order valence-electron chi connectivity index (χ0n) is 19.8. The van der Waals surface area contributed by atoms with Crippen LogP contribution in [0, 0.1) is 0 Å². The lowest BCUT2D eigenvalue weighted by Gasteiger charge is -2.35. The van der Waals surface area contributed by atoms with Gasteiger partial charge in [0, 0.05) is 77.3 Å². The van der Waals surface area contributed by atoms with E-state index in [1.807, 2.05) is 29.2 Å². The standard InChI is InChI=1S/C26H33N5O2S/c1-33-19-18-31(26-27-24(28-34-26)20-22-8-4-2-5-9-22)13-12-25(32)30-16-14-29(15-17-30)21-23-10-6-3-7-11-23/h2-11H,12-21H2,1H3. The molecular weight excluding hydrogens is 446 g/mol. The molecule has 1 fully saturated rings. The van der Waals surface area contributed by atoms with Gasteiger partial charge >= 0.3 is 0 Å². The van der Waals surface area contributed by atoms with Gasteiger partial charge in [-0.1, -0.05) is 60.7 Å². The lowest BCUT2D eigenvalue weighted by atomic mass is 10.1. The van der Waals surface area contributed by atoms with Gasteiger partial charge in [0.05, 0.1) is 6.61 Å². The van der Waals surface area contributed by atoms with Crippen molar-refractivity contribution in [3.8, 4) is 0 Å². The molecule has 1 saturated heterocycles. The summed E-state index contributed by atoms with van der Waals surface area (Å²) >= 11 is 1.39. The van der Waals surface area contributed by atoms with Crippen molar-refractivity contribution in [2.45, 2.75) is 19.4 Å². The third-order valence-corrected chi connectivity index (χ3v) is 6.88. The van der Waals surface area contributed by atoms with E-state index in [1.54, 1.807) is 7.11 Å². The van der Waals surface area contributed by atoms with Crippen LogP contribution in [0.5, 0.6) is 0 Å². The number of carbonyl (C=O) groups excluding carboxylic acids is 1. The fourth-order valence-electron chi connectivity index (χ4n) is 4.11. The van der Waals surface area contributed by atoms with Gasteiger partial charge in [0.25, 0.3) is 0 Å². The molecule has 1 aliphatic heterocycles. The molecular formula is C26H33N5O2S. The van der Waals surface area contributed by atoms with E-state index in [0.717, 1.165) is 43.7 Å². The second-order valence-corrected chi connectivity index (χ2v) is 9.26. The van der Waals surface area contributed by atoms with Crippen molar-refractivity contribution >= 4 is 22.6 Å². The number of hydrogen-bond acceptors (Lipinski definition) is 7. The molecule has 0 bridgehead atoms. The molecule has 0 radical (unpaired) electrons. The predicted octanol–water partition coefficient (Wildman–Crippen LogP) is 3.32. The van der Waals surface area contributed by atoms with Gasteiger partial charge in [-0.15, -0.1) is 0 Å². The highest BCUT2D eigenvalue weighted by Crippen LogP contribution is 2.20. The maximum Gasteiger partial charge on any atom is 0.224 e. The number of hydrogen-bond donors (Lipinski definition) is 0. The Labute approximate surface area is 206 Å². The minimum atomic E-state index is 0.204. The van der Waals surface area contributed by atoms with Gasteiger partial charge in [-0.05, 0) is 11.1 Å². The molecule has 0 spiro atoms. The molecule has 0 atom stereocenters. The van der Waals surface area contributed by atoms with Crippen LogP contribution in [0.4, 0.5) is 5.13 Å². The molecule has 0 aliphatic carbocycles. The Bertz CT molecular complexity index is 1010. The molecule has 0 saturated carbocycles. The van der Waals surface area contributed by atoms with Crippen molar-refractivity contribution in [1.82, 2.24) is 19.2 Å². The van der Waals surface area contributed by atoms with Crippen LogP contribution < -0.4 is 4.90 Å². The van der Waals surface area contributed by atoms with Crippen LogP contribution >= 0.6 is 11.5 Å². The molecule has 1 amide bonds. The summed E-state index contributed by atoms with van der Waals surface area (Å²) in [6, 6.07) is 20.7. The summed E-state index contributed by atoms with van der Waals surface area (Å²) in [5, 5.41) is 0.850. The fraction of sp³-hybridized carbons (Fsp3) is 0.423. The van der Waals surface area contributed by atoms with Gasteiger partial charge in [0.2, 0.25) is 11.0 Å². The molecule has 4 rings (SSSR count). The normalized spacial score (nSPS) is 14.3. The molecule has 2 aromatic carbocycles. The van der Waals surface area contributed by atoms with Gasteiger partial charge in [-0.3, -0.25) is 9.69 Å². The van der Waals surface area contributed by atoms with Crippen LogP contribution in [0.3, 0.4) is 0 Å². The van der Waals surface area contributed by atoms with Gasteiger partial charge in [-0.2, -0.15) is 4.37 Å². The first-order chi connectivity index (χ1) is 16.7. The molecule has 8 heteroatoms. The van der Waals surface area contributed by atoms with E-state index in [0.29, 0.717) is 32.5 Å². The average molecular weight is 480 g/mol. The Morgan fingerprint density at radius 2 is 1.65 bits per heavy atom. The molecule has 7 nitrogen and oxygen atoms in total. The minimum absolute atomic E-state index is 0.204. The van der Waals surface area contributed by atoms with Crippen LogP contribution in [0.2, 0.25) is 0 Å². The Hall–Kier alpha value is -2.81. The Balaban J connectivity index is 1.27. The number of piperazine rings is 1. The van der Waals surface area contributed by atoms with E-state index in [-0.39, 0.29) is 5.91 Å². The van der Waals surface area contributed by atoms with Crippen molar-refractivity contribution in [3.05, 3.63) is 77.6 Å². The Morgan fingerprint density at radius 1 is 0.971 bits per heavy atom. The summed E-state index contributed by atoms with van der Waals surface area (Å²) in [6.07, 6.45) is 1.18. The van der Waals surface area contributed by atoms with E-state index in [9.17, 15) is 4.79 Å². The average Bonchev–Trinajstić information content (AvgIpc) is 3.34. The van der Waals surface area contributed by atoms with Crippen molar-refractivity contribution < 1.29 is 9.53 Å². The first kappa shape index (κ1) is 24.3. The quantitative estimate of drug-likeness (QED) is 0.421. The van der Waals surface area contributed by atoms with Crippen LogP contribution in [-0.2, 0) is 22.5 Å². The van der Waals surface area contributed by atoms with Crippen molar-refractivity contribution in [1.29, 1.82) is 0 Å². The number of methoxy groups -OCH3 is 1. The molecule has 1 aliphatic rings. The third-order valence-electron chi connectivity index (χ3n) is 6.07. The van der Waals surface area contributed by atoms with Gasteiger partial charge in [0.1, 0.15) is 5.82 Å². The predicted molar refractivity (Wildman–Crippen MR) is 136 cm³/mol. The zero-order chi connectivity index (χ0) is 23.6. The number of amides is 1. The second kappa shape index (κ2) is 12.6. The highest BCUT2D eigenvalue weighted by atomic mass is 32.1. The second-order valence-electron chi connectivity index (χ2n) is 8.53. The highest BCUT2D eigenvalue weighted by Gasteiger charge is 2.22. The van der Waals surface area contributed by atoms with Crippen molar-refractivity contribution in [2.24, 2.45) is 0 Å². The van der Waals surface area contributed by atoms with Gasteiger partial charge in [-0.25, -0.2) is 4.98 Å². The van der Waals surface area contributed by atoms with Crippen molar-refractivity contribution in [2.75, 3.05) is 57.9 Å².